The van der Waals surface area contributed by atoms with Gasteiger partial charge in [-0.1, -0.05) is 188 Å². The van der Waals surface area contributed by atoms with E-state index in [1.54, 1.807) is 0 Å². The Morgan fingerprint density at radius 3 is 1.61 bits per heavy atom. The average molecular weight is 737 g/mol. The summed E-state index contributed by atoms with van der Waals surface area (Å²) in [5.41, 5.74) is 7.05. The van der Waals surface area contributed by atoms with E-state index >= 15 is 0 Å². The minimum Gasteiger partial charge on any atom is -0.325 e. The molecule has 5 heteroatoms. The van der Waals surface area contributed by atoms with E-state index in [1.807, 2.05) is 12.1 Å². The molecule has 56 heavy (non-hydrogen) atoms. The predicted molar refractivity (Wildman–Crippen MR) is 237 cm³/mol. The first-order chi connectivity index (χ1) is 27.8. The van der Waals surface area contributed by atoms with Gasteiger partial charge in [0.15, 0.2) is 14.2 Å². The molecule has 0 amide bonds. The number of benzene rings is 7. The van der Waals surface area contributed by atoms with E-state index < -0.39 is 8.07 Å². The molecule has 1 N–H and O–H groups in total. The Balaban J connectivity index is 1.10. The topological polar surface area (TPSA) is 41.7 Å². The Hall–Kier alpha value is -6.82. The van der Waals surface area contributed by atoms with Gasteiger partial charge in [0.1, 0.15) is 11.7 Å². The van der Waals surface area contributed by atoms with Crippen LogP contribution in [0.3, 0.4) is 0 Å². The van der Waals surface area contributed by atoms with Gasteiger partial charge < -0.3 is 9.88 Å². The highest BCUT2D eigenvalue weighted by Crippen LogP contribution is 2.35. The van der Waals surface area contributed by atoms with Crippen LogP contribution in [0.4, 0.5) is 0 Å². The molecular formula is C51H40N4Si. The number of aromatic nitrogens is 1. The van der Waals surface area contributed by atoms with Crippen molar-refractivity contribution < 1.29 is 0 Å². The average Bonchev–Trinajstić information content (AvgIpc) is 3.62. The molecule has 7 aromatic carbocycles. The maximum atomic E-state index is 5.16. The third-order valence-corrected chi connectivity index (χ3v) is 16.1. The number of rotatable bonds is 8. The SMILES string of the molecule is C1=C(C2=NC(c3ccccc3)N=C(c3ccccc3)N2)CCC(n2c3ccccc3c3cc([Si](c4ccccc4)(c4ccccc4)c4ccccc4)ccc32)=C1. The molecule has 1 atom stereocenters. The minimum atomic E-state index is -2.69. The van der Waals surface area contributed by atoms with Gasteiger partial charge in [-0.15, -0.1) is 0 Å². The molecule has 1 aromatic heterocycles. The highest BCUT2D eigenvalue weighted by atomic mass is 28.3. The molecule has 0 saturated carbocycles. The van der Waals surface area contributed by atoms with Crippen molar-refractivity contribution in [2.24, 2.45) is 9.98 Å². The lowest BCUT2D eigenvalue weighted by molar-refractivity contribution is 0.752. The number of fused-ring (bicyclic) bond motifs is 3. The van der Waals surface area contributed by atoms with Crippen molar-refractivity contribution in [1.29, 1.82) is 0 Å². The van der Waals surface area contributed by atoms with Crippen LogP contribution in [0.15, 0.2) is 222 Å². The lowest BCUT2D eigenvalue weighted by Gasteiger charge is -2.34. The van der Waals surface area contributed by atoms with Crippen molar-refractivity contribution in [3.8, 4) is 0 Å². The fourth-order valence-corrected chi connectivity index (χ4v) is 13.5. The Bertz CT molecular complexity index is 2710. The van der Waals surface area contributed by atoms with Crippen LogP contribution >= 0.6 is 0 Å². The van der Waals surface area contributed by atoms with Gasteiger partial charge in [0.05, 0.1) is 11.0 Å². The van der Waals surface area contributed by atoms with Crippen LogP contribution < -0.4 is 26.1 Å². The van der Waals surface area contributed by atoms with E-state index in [0.29, 0.717) is 0 Å². The number of nitrogens with one attached hydrogen (secondary N) is 1. The second-order valence-corrected chi connectivity index (χ2v) is 18.3. The van der Waals surface area contributed by atoms with Crippen molar-refractivity contribution in [2.45, 2.75) is 19.0 Å². The predicted octanol–water partition coefficient (Wildman–Crippen LogP) is 8.88. The zero-order chi connectivity index (χ0) is 37.3. The second-order valence-electron chi connectivity index (χ2n) is 14.5. The van der Waals surface area contributed by atoms with E-state index in [1.165, 1.54) is 53.8 Å². The van der Waals surface area contributed by atoms with Crippen LogP contribution in [0.25, 0.3) is 27.5 Å². The van der Waals surface area contributed by atoms with Crippen LogP contribution in [-0.2, 0) is 0 Å². The molecule has 0 fully saturated rings. The first-order valence-corrected chi connectivity index (χ1v) is 21.4. The van der Waals surface area contributed by atoms with Crippen LogP contribution in [0.1, 0.15) is 30.1 Å². The summed E-state index contributed by atoms with van der Waals surface area (Å²) in [6, 6.07) is 70.4. The van der Waals surface area contributed by atoms with Gasteiger partial charge in [0.2, 0.25) is 0 Å². The number of para-hydroxylation sites is 1. The zero-order valence-electron chi connectivity index (χ0n) is 31.0. The van der Waals surface area contributed by atoms with Gasteiger partial charge in [-0.05, 0) is 62.9 Å². The molecule has 10 rings (SSSR count). The summed E-state index contributed by atoms with van der Waals surface area (Å²) in [6.07, 6.45) is 5.99. The molecule has 1 aliphatic heterocycles. The standard InChI is InChI=1S/C51H40N4Si/c1-6-18-37(19-7-1)49-52-50(38-20-8-2-9-21-38)54-51(53-49)39-30-32-40(33-31-39)55-47-29-17-16-28-45(47)46-36-44(34-35-48(46)55)56(41-22-10-3-11-23-41,42-24-12-4-13-25-42)43-26-14-5-15-27-43/h1-30,32,34-36,49H,31,33H2,(H,52,53,54). The Morgan fingerprint density at radius 2 is 1.00 bits per heavy atom. The number of nitrogens with zero attached hydrogens (tertiary/aromatic N) is 3. The van der Waals surface area contributed by atoms with E-state index in [0.717, 1.165) is 35.6 Å². The third kappa shape index (κ3) is 5.85. The van der Waals surface area contributed by atoms with E-state index in [-0.39, 0.29) is 6.17 Å². The smallest absolute Gasteiger partial charge is 0.179 e. The van der Waals surface area contributed by atoms with Crippen molar-refractivity contribution in [3.05, 3.63) is 223 Å². The highest BCUT2D eigenvalue weighted by molar-refractivity contribution is 7.20. The summed E-state index contributed by atoms with van der Waals surface area (Å²) in [5.74, 6) is 1.73. The Labute approximate surface area is 328 Å². The molecule has 2 aliphatic rings. The zero-order valence-corrected chi connectivity index (χ0v) is 32.0. The van der Waals surface area contributed by atoms with Crippen molar-refractivity contribution in [1.82, 2.24) is 9.88 Å². The Kier molecular flexibility index (Phi) is 8.69. The fraction of sp³-hybridized carbons (Fsp3) is 0.0588. The van der Waals surface area contributed by atoms with Gasteiger partial charge in [-0.25, -0.2) is 9.98 Å². The maximum absolute atomic E-state index is 5.16. The molecule has 2 heterocycles. The van der Waals surface area contributed by atoms with Crippen LogP contribution in [-0.4, -0.2) is 24.3 Å². The molecule has 0 bridgehead atoms. The number of amidine groups is 2. The Morgan fingerprint density at radius 1 is 0.464 bits per heavy atom. The number of hydrogen-bond acceptors (Lipinski definition) is 3. The lowest BCUT2D eigenvalue weighted by Crippen LogP contribution is -2.74. The number of allylic oxidation sites excluding steroid dienone is 3. The fourth-order valence-electron chi connectivity index (χ4n) is 8.72. The van der Waals surface area contributed by atoms with Gasteiger partial charge in [-0.2, -0.15) is 0 Å². The van der Waals surface area contributed by atoms with E-state index in [2.05, 4.69) is 204 Å². The molecule has 0 radical (unpaired) electrons. The van der Waals surface area contributed by atoms with Gasteiger partial charge in [-0.3, -0.25) is 0 Å². The highest BCUT2D eigenvalue weighted by Gasteiger charge is 2.41. The van der Waals surface area contributed by atoms with Crippen LogP contribution in [0.5, 0.6) is 0 Å². The van der Waals surface area contributed by atoms with E-state index in [4.69, 9.17) is 9.98 Å². The summed E-state index contributed by atoms with van der Waals surface area (Å²) < 4.78 is 2.48. The quantitative estimate of drug-likeness (QED) is 0.123. The molecule has 4 nitrogen and oxygen atoms in total. The number of aliphatic imine (C=N–C) groups is 2. The minimum absolute atomic E-state index is 0.307. The summed E-state index contributed by atoms with van der Waals surface area (Å²) >= 11 is 0. The van der Waals surface area contributed by atoms with E-state index in [9.17, 15) is 0 Å². The first-order valence-electron chi connectivity index (χ1n) is 19.4. The summed E-state index contributed by atoms with van der Waals surface area (Å²) in [4.78, 5) is 10.2. The van der Waals surface area contributed by atoms with Crippen molar-refractivity contribution in [2.75, 3.05) is 0 Å². The monoisotopic (exact) mass is 736 g/mol. The normalized spacial score (nSPS) is 15.8. The van der Waals surface area contributed by atoms with Crippen molar-refractivity contribution >= 4 is 68.0 Å². The number of hydrogen-bond donors (Lipinski definition) is 1. The molecular weight excluding hydrogens is 697 g/mol. The van der Waals surface area contributed by atoms with Crippen molar-refractivity contribution in [3.63, 3.8) is 0 Å². The maximum Gasteiger partial charge on any atom is 0.179 e. The first kappa shape index (κ1) is 33.7. The van der Waals surface area contributed by atoms with Crippen LogP contribution in [0, 0.1) is 0 Å². The molecule has 0 saturated heterocycles. The summed E-state index contributed by atoms with van der Waals surface area (Å²) in [5, 5.41) is 11.7. The molecule has 268 valence electrons. The third-order valence-electron chi connectivity index (χ3n) is 11.3. The molecule has 1 aliphatic carbocycles. The molecule has 1 unspecified atom stereocenters. The molecule has 8 aromatic rings. The van der Waals surface area contributed by atoms with Crippen LogP contribution in [0.2, 0.25) is 0 Å². The van der Waals surface area contributed by atoms with Gasteiger partial charge >= 0.3 is 0 Å². The summed E-state index contributed by atoms with van der Waals surface area (Å²) in [6.45, 7) is 0. The second kappa shape index (κ2) is 14.4. The van der Waals surface area contributed by atoms with Gasteiger partial charge in [0, 0.05) is 22.0 Å². The lowest BCUT2D eigenvalue weighted by atomic mass is 10.00. The summed E-state index contributed by atoms with van der Waals surface area (Å²) in [7, 11) is -2.69. The molecule has 0 spiro atoms. The van der Waals surface area contributed by atoms with Gasteiger partial charge in [0.25, 0.3) is 0 Å². The largest absolute Gasteiger partial charge is 0.325 e.